The molecule has 1 heterocycles. The maximum atomic E-state index is 13.5. The summed E-state index contributed by atoms with van der Waals surface area (Å²) in [5.74, 6) is -0.592. The van der Waals surface area contributed by atoms with Gasteiger partial charge < -0.3 is 10.4 Å². The number of para-hydroxylation sites is 1. The first-order valence-electron chi connectivity index (χ1n) is 11.5. The zero-order valence-electron chi connectivity index (χ0n) is 18.9. The molecular weight excluding hydrogens is 467 g/mol. The first-order valence-corrected chi connectivity index (χ1v) is 12.9. The summed E-state index contributed by atoms with van der Waals surface area (Å²) < 4.78 is 41.4. The molecule has 35 heavy (non-hydrogen) atoms. The van der Waals surface area contributed by atoms with E-state index < -0.39 is 10.0 Å². The molecule has 0 radical (unpaired) electrons. The average Bonchev–Trinajstić information content (AvgIpc) is 3.47. The number of aliphatic hydroxyl groups excluding tert-OH is 1. The van der Waals surface area contributed by atoms with E-state index in [4.69, 9.17) is 0 Å². The molecule has 2 unspecified atom stereocenters. The highest BCUT2D eigenvalue weighted by Crippen LogP contribution is 2.39. The number of benzene rings is 3. The van der Waals surface area contributed by atoms with Gasteiger partial charge in [0.25, 0.3) is 15.9 Å². The number of fused-ring (bicyclic) bond motifs is 1. The molecule has 6 nitrogen and oxygen atoms in total. The lowest BCUT2D eigenvalue weighted by Crippen LogP contribution is -2.22. The zero-order chi connectivity index (χ0) is 24.6. The van der Waals surface area contributed by atoms with Gasteiger partial charge in [-0.25, -0.2) is 16.8 Å². The molecule has 3 aromatic carbocycles. The van der Waals surface area contributed by atoms with Crippen LogP contribution in [0, 0.1) is 5.82 Å². The second-order valence-electron chi connectivity index (χ2n) is 8.90. The lowest BCUT2D eigenvalue weighted by Gasteiger charge is -2.09. The largest absolute Gasteiger partial charge is 0.393 e. The summed E-state index contributed by atoms with van der Waals surface area (Å²) in [4.78, 5) is 12.6. The monoisotopic (exact) mass is 492 g/mol. The summed E-state index contributed by atoms with van der Waals surface area (Å²) in [7, 11) is -3.90. The maximum Gasteiger partial charge on any atom is 0.268 e. The summed E-state index contributed by atoms with van der Waals surface area (Å²) in [5.41, 5.74) is 2.59. The Morgan fingerprint density at radius 1 is 1.00 bits per heavy atom. The smallest absolute Gasteiger partial charge is 0.268 e. The first-order chi connectivity index (χ1) is 16.8. The SMILES string of the molecule is O=C(NCc1ccc(F)cc1)c1ccc(S(=O)(=O)n2cc(C3CCC(O)C3)c3ccccc32)cc1. The summed E-state index contributed by atoms with van der Waals surface area (Å²) in [6.45, 7) is 0.229. The highest BCUT2D eigenvalue weighted by Gasteiger charge is 2.29. The standard InChI is InChI=1S/C27H25FN2O4S/c28-21-10-5-18(6-11-21)16-29-27(32)19-8-13-23(14-9-19)35(33,34)30-17-25(20-7-12-22(31)15-20)24-3-1-2-4-26(24)30/h1-6,8-11,13-14,17,20,22,31H,7,12,15-16H2,(H,29,32). The van der Waals surface area contributed by atoms with Crippen LogP contribution in [-0.4, -0.2) is 29.5 Å². The van der Waals surface area contributed by atoms with E-state index >= 15 is 0 Å². The fourth-order valence-corrected chi connectivity index (χ4v) is 6.10. The van der Waals surface area contributed by atoms with Gasteiger partial charge in [-0.1, -0.05) is 30.3 Å². The molecule has 5 rings (SSSR count). The van der Waals surface area contributed by atoms with Crippen LogP contribution in [0.2, 0.25) is 0 Å². The number of nitrogens with zero attached hydrogens (tertiary/aromatic N) is 1. The van der Waals surface area contributed by atoms with Crippen molar-refractivity contribution in [3.8, 4) is 0 Å². The number of hydrogen-bond acceptors (Lipinski definition) is 4. The molecule has 2 N–H and O–H groups in total. The van der Waals surface area contributed by atoms with Crippen molar-refractivity contribution >= 4 is 26.8 Å². The molecule has 1 saturated carbocycles. The lowest BCUT2D eigenvalue weighted by molar-refractivity contribution is 0.0950. The van der Waals surface area contributed by atoms with E-state index in [1.54, 1.807) is 30.5 Å². The second-order valence-corrected chi connectivity index (χ2v) is 10.7. The number of hydrogen-bond donors (Lipinski definition) is 2. The van der Waals surface area contributed by atoms with Crippen molar-refractivity contribution in [1.29, 1.82) is 0 Å². The van der Waals surface area contributed by atoms with Gasteiger partial charge in [-0.3, -0.25) is 4.79 Å². The Morgan fingerprint density at radius 3 is 2.40 bits per heavy atom. The van der Waals surface area contributed by atoms with Crippen molar-refractivity contribution in [2.24, 2.45) is 0 Å². The fourth-order valence-electron chi connectivity index (χ4n) is 4.72. The average molecular weight is 493 g/mol. The quantitative estimate of drug-likeness (QED) is 0.413. The Morgan fingerprint density at radius 2 is 1.71 bits per heavy atom. The molecule has 4 aromatic rings. The van der Waals surface area contributed by atoms with E-state index in [0.717, 1.165) is 22.9 Å². The number of aromatic nitrogens is 1. The Bertz CT molecular complexity index is 1480. The minimum atomic E-state index is -3.90. The molecule has 2 atom stereocenters. The van der Waals surface area contributed by atoms with E-state index in [0.29, 0.717) is 23.9 Å². The third-order valence-corrected chi connectivity index (χ3v) is 8.28. The van der Waals surface area contributed by atoms with Crippen LogP contribution in [0.25, 0.3) is 10.9 Å². The van der Waals surface area contributed by atoms with Crippen LogP contribution in [0.4, 0.5) is 4.39 Å². The highest BCUT2D eigenvalue weighted by atomic mass is 32.2. The number of carbonyl (C=O) groups excluding carboxylic acids is 1. The van der Waals surface area contributed by atoms with Crippen molar-refractivity contribution < 1.29 is 22.7 Å². The third kappa shape index (κ3) is 4.59. The van der Waals surface area contributed by atoms with Gasteiger partial charge in [0.1, 0.15) is 5.82 Å². The zero-order valence-corrected chi connectivity index (χ0v) is 19.7. The molecule has 180 valence electrons. The molecule has 1 aliphatic carbocycles. The predicted octanol–water partition coefficient (Wildman–Crippen LogP) is 4.58. The highest BCUT2D eigenvalue weighted by molar-refractivity contribution is 7.90. The molecule has 8 heteroatoms. The van der Waals surface area contributed by atoms with Crippen molar-refractivity contribution in [1.82, 2.24) is 9.29 Å². The van der Waals surface area contributed by atoms with E-state index in [2.05, 4.69) is 5.32 Å². The van der Waals surface area contributed by atoms with Crippen LogP contribution in [0.15, 0.2) is 83.9 Å². The summed E-state index contributed by atoms with van der Waals surface area (Å²) in [6, 6.07) is 19.0. The Hall–Kier alpha value is -3.49. The molecule has 1 aliphatic rings. The predicted molar refractivity (Wildman–Crippen MR) is 131 cm³/mol. The van der Waals surface area contributed by atoms with Gasteiger partial charge in [0, 0.05) is 23.7 Å². The fraction of sp³-hybridized carbons (Fsp3) is 0.222. The van der Waals surface area contributed by atoms with Crippen molar-refractivity contribution in [3.05, 3.63) is 102 Å². The van der Waals surface area contributed by atoms with Crippen LogP contribution in [0.5, 0.6) is 0 Å². The van der Waals surface area contributed by atoms with Gasteiger partial charge in [-0.05, 0) is 78.8 Å². The second kappa shape index (κ2) is 9.28. The number of rotatable bonds is 6. The molecule has 0 aliphatic heterocycles. The van der Waals surface area contributed by atoms with Crippen LogP contribution >= 0.6 is 0 Å². The molecule has 0 spiro atoms. The van der Waals surface area contributed by atoms with Gasteiger partial charge in [-0.15, -0.1) is 0 Å². The van der Waals surface area contributed by atoms with Gasteiger partial charge in [0.05, 0.1) is 16.5 Å². The summed E-state index contributed by atoms with van der Waals surface area (Å²) >= 11 is 0. The van der Waals surface area contributed by atoms with Crippen LogP contribution in [0.3, 0.4) is 0 Å². The van der Waals surface area contributed by atoms with E-state index in [9.17, 15) is 22.7 Å². The van der Waals surface area contributed by atoms with Gasteiger partial charge in [0.15, 0.2) is 0 Å². The molecule has 1 fully saturated rings. The van der Waals surface area contributed by atoms with E-state index in [1.165, 1.54) is 40.4 Å². The molecule has 1 amide bonds. The first kappa shape index (κ1) is 23.3. The Labute approximate surface area is 203 Å². The van der Waals surface area contributed by atoms with Crippen molar-refractivity contribution in [3.63, 3.8) is 0 Å². The third-order valence-electron chi connectivity index (χ3n) is 6.59. The number of carbonyl (C=O) groups is 1. The van der Waals surface area contributed by atoms with Gasteiger partial charge in [-0.2, -0.15) is 0 Å². The number of halogens is 1. The Balaban J connectivity index is 1.39. The normalized spacial score (nSPS) is 18.1. The maximum absolute atomic E-state index is 13.5. The van der Waals surface area contributed by atoms with Crippen molar-refractivity contribution in [2.45, 2.75) is 42.7 Å². The van der Waals surface area contributed by atoms with Crippen LogP contribution in [-0.2, 0) is 16.6 Å². The molecule has 0 saturated heterocycles. The van der Waals surface area contributed by atoms with Crippen LogP contribution in [0.1, 0.15) is 46.7 Å². The number of nitrogens with one attached hydrogen (secondary N) is 1. The number of amides is 1. The minimum Gasteiger partial charge on any atom is -0.393 e. The minimum absolute atomic E-state index is 0.0753. The van der Waals surface area contributed by atoms with Gasteiger partial charge >= 0.3 is 0 Å². The molecular formula is C27H25FN2O4S. The summed E-state index contributed by atoms with van der Waals surface area (Å²) in [5, 5.41) is 13.6. The van der Waals surface area contributed by atoms with Crippen molar-refractivity contribution in [2.75, 3.05) is 0 Å². The lowest BCUT2D eigenvalue weighted by atomic mass is 9.97. The summed E-state index contributed by atoms with van der Waals surface area (Å²) in [6.07, 6.45) is 3.46. The van der Waals surface area contributed by atoms with E-state index in [-0.39, 0.29) is 35.2 Å². The number of aliphatic hydroxyl groups is 1. The topological polar surface area (TPSA) is 88.4 Å². The Kier molecular flexibility index (Phi) is 6.17. The van der Waals surface area contributed by atoms with Crippen LogP contribution < -0.4 is 5.32 Å². The van der Waals surface area contributed by atoms with Gasteiger partial charge in [0.2, 0.25) is 0 Å². The molecule has 0 bridgehead atoms. The van der Waals surface area contributed by atoms with E-state index in [1.807, 2.05) is 12.1 Å². The molecule has 1 aromatic heterocycles.